The Bertz CT molecular complexity index is 805. The van der Waals surface area contributed by atoms with Crippen molar-refractivity contribution in [2.75, 3.05) is 6.54 Å². The molecule has 1 saturated carbocycles. The number of hydrogen-bond acceptors (Lipinski definition) is 5. The van der Waals surface area contributed by atoms with E-state index in [1.807, 2.05) is 0 Å². The summed E-state index contributed by atoms with van der Waals surface area (Å²) < 4.78 is 17.3. The lowest BCUT2D eigenvalue weighted by molar-refractivity contribution is -0.126. The largest absolute Gasteiger partial charge is 0.351 e. The average Bonchev–Trinajstić information content (AvgIpc) is 3.39. The lowest BCUT2D eigenvalue weighted by Crippen LogP contribution is -2.46. The third-order valence-electron chi connectivity index (χ3n) is 5.23. The highest BCUT2D eigenvalue weighted by atomic mass is 32.1. The molecule has 29 heavy (non-hydrogen) atoms. The van der Waals surface area contributed by atoms with Gasteiger partial charge in [0.05, 0.1) is 0 Å². The molecule has 0 spiro atoms. The Hall–Kier alpha value is -2.35. The second-order valence-electron chi connectivity index (χ2n) is 7.92. The van der Waals surface area contributed by atoms with Gasteiger partial charge in [-0.15, -0.1) is 5.10 Å². The van der Waals surface area contributed by atoms with E-state index in [1.165, 1.54) is 12.1 Å². The van der Waals surface area contributed by atoms with Gasteiger partial charge >= 0.3 is 0 Å². The molecule has 2 aromatic rings. The van der Waals surface area contributed by atoms with Crippen LogP contribution in [0.5, 0.6) is 0 Å². The molecule has 1 aromatic heterocycles. The third-order valence-corrected chi connectivity index (χ3v) is 5.74. The Balaban J connectivity index is 1.94. The van der Waals surface area contributed by atoms with Gasteiger partial charge in [0.25, 0.3) is 5.91 Å². The number of amides is 2. The molecule has 6 nitrogen and oxygen atoms in total. The smallest absolute Gasteiger partial charge is 0.276 e. The topological polar surface area (TPSA) is 75.2 Å². The summed E-state index contributed by atoms with van der Waals surface area (Å²) in [4.78, 5) is 28.1. The van der Waals surface area contributed by atoms with Gasteiger partial charge in [0.2, 0.25) is 5.91 Å². The van der Waals surface area contributed by atoms with Crippen molar-refractivity contribution in [1.29, 1.82) is 0 Å². The fourth-order valence-electron chi connectivity index (χ4n) is 3.62. The number of rotatable bonds is 8. The van der Waals surface area contributed by atoms with E-state index in [0.29, 0.717) is 18.0 Å². The van der Waals surface area contributed by atoms with Crippen molar-refractivity contribution in [2.45, 2.75) is 58.0 Å². The normalized spacial score (nSPS) is 15.4. The van der Waals surface area contributed by atoms with Crippen molar-refractivity contribution in [2.24, 2.45) is 5.92 Å². The van der Waals surface area contributed by atoms with Gasteiger partial charge in [-0.2, -0.15) is 0 Å². The number of nitrogens with one attached hydrogen (secondary N) is 1. The fraction of sp³-hybridized carbons (Fsp3) is 0.524. The van der Waals surface area contributed by atoms with Crippen LogP contribution < -0.4 is 5.32 Å². The Morgan fingerprint density at radius 1 is 1.24 bits per heavy atom. The van der Waals surface area contributed by atoms with Gasteiger partial charge in [0.1, 0.15) is 11.9 Å². The molecular weight excluding hydrogens is 391 g/mol. The van der Waals surface area contributed by atoms with Crippen molar-refractivity contribution < 1.29 is 14.0 Å². The predicted molar refractivity (Wildman–Crippen MR) is 110 cm³/mol. The summed E-state index contributed by atoms with van der Waals surface area (Å²) in [7, 11) is 0. The molecule has 0 radical (unpaired) electrons. The second kappa shape index (κ2) is 9.91. The fourth-order valence-corrected chi connectivity index (χ4v) is 4.05. The van der Waals surface area contributed by atoms with Crippen molar-refractivity contribution in [1.82, 2.24) is 19.8 Å². The summed E-state index contributed by atoms with van der Waals surface area (Å²) in [5.41, 5.74) is 0.807. The van der Waals surface area contributed by atoms with E-state index >= 15 is 0 Å². The minimum absolute atomic E-state index is 0.119. The standard InChI is InChI=1S/C21H27FN4O2S/c1-14(2)11-12-26(21(28)18-13-29-25-24-18)19(15-7-9-16(22)10-8-15)20(27)23-17-5-3-4-6-17/h7-10,13-14,17,19H,3-6,11-12H2,1-2H3,(H,23,27)/t19-/m1/s1. The molecule has 0 bridgehead atoms. The number of nitrogens with zero attached hydrogens (tertiary/aromatic N) is 3. The summed E-state index contributed by atoms with van der Waals surface area (Å²) in [6.07, 6.45) is 4.80. The Labute approximate surface area is 174 Å². The lowest BCUT2D eigenvalue weighted by Gasteiger charge is -2.32. The summed E-state index contributed by atoms with van der Waals surface area (Å²) in [5, 5.41) is 8.59. The van der Waals surface area contributed by atoms with Gasteiger partial charge in [0.15, 0.2) is 5.69 Å². The number of benzene rings is 1. The summed E-state index contributed by atoms with van der Waals surface area (Å²) >= 11 is 1.10. The Kier molecular flexibility index (Phi) is 7.30. The Morgan fingerprint density at radius 3 is 2.52 bits per heavy atom. The van der Waals surface area contributed by atoms with Gasteiger partial charge < -0.3 is 10.2 Å². The maximum atomic E-state index is 13.5. The average molecular weight is 419 g/mol. The van der Waals surface area contributed by atoms with Gasteiger partial charge in [-0.25, -0.2) is 4.39 Å². The third kappa shape index (κ3) is 5.59. The highest BCUT2D eigenvalue weighted by molar-refractivity contribution is 7.03. The predicted octanol–water partition coefficient (Wildman–Crippen LogP) is 3.97. The maximum Gasteiger partial charge on any atom is 0.276 e. The van der Waals surface area contributed by atoms with Crippen molar-refractivity contribution in [3.63, 3.8) is 0 Å². The first-order chi connectivity index (χ1) is 14.0. The minimum atomic E-state index is -0.843. The molecule has 1 atom stereocenters. The summed E-state index contributed by atoms with van der Waals surface area (Å²) in [6, 6.07) is 5.06. The van der Waals surface area contributed by atoms with Crippen LogP contribution in [0.15, 0.2) is 29.6 Å². The van der Waals surface area contributed by atoms with Crippen LogP contribution in [0.4, 0.5) is 4.39 Å². The van der Waals surface area contributed by atoms with E-state index in [2.05, 4.69) is 28.8 Å². The van der Waals surface area contributed by atoms with Crippen LogP contribution in [0, 0.1) is 11.7 Å². The van der Waals surface area contributed by atoms with E-state index in [9.17, 15) is 14.0 Å². The molecule has 0 saturated heterocycles. The number of aromatic nitrogens is 2. The molecule has 0 unspecified atom stereocenters. The molecule has 1 fully saturated rings. The molecule has 1 aliphatic rings. The molecule has 1 N–H and O–H groups in total. The van der Waals surface area contributed by atoms with Crippen LogP contribution in [0.3, 0.4) is 0 Å². The molecule has 0 aliphatic heterocycles. The monoisotopic (exact) mass is 418 g/mol. The van der Waals surface area contributed by atoms with Gasteiger partial charge in [-0.05, 0) is 54.4 Å². The van der Waals surface area contributed by atoms with Gasteiger partial charge in [-0.3, -0.25) is 9.59 Å². The molecule has 3 rings (SSSR count). The summed E-state index contributed by atoms with van der Waals surface area (Å²) in [5.74, 6) is -0.600. The molecule has 8 heteroatoms. The zero-order chi connectivity index (χ0) is 20.8. The van der Waals surface area contributed by atoms with Crippen LogP contribution >= 0.6 is 11.5 Å². The van der Waals surface area contributed by atoms with E-state index < -0.39 is 6.04 Å². The van der Waals surface area contributed by atoms with Crippen LogP contribution in [-0.4, -0.2) is 38.9 Å². The molecule has 156 valence electrons. The highest BCUT2D eigenvalue weighted by Gasteiger charge is 2.34. The van der Waals surface area contributed by atoms with E-state index in [0.717, 1.165) is 43.6 Å². The number of hydrogen-bond donors (Lipinski definition) is 1. The van der Waals surface area contributed by atoms with E-state index in [1.54, 1.807) is 22.4 Å². The van der Waals surface area contributed by atoms with E-state index in [-0.39, 0.29) is 29.4 Å². The number of carbonyl (C=O) groups excluding carboxylic acids is 2. The molecular formula is C21H27FN4O2S. The summed E-state index contributed by atoms with van der Waals surface area (Å²) in [6.45, 7) is 4.53. The lowest BCUT2D eigenvalue weighted by atomic mass is 10.0. The second-order valence-corrected chi connectivity index (χ2v) is 8.53. The molecule has 1 heterocycles. The number of halogens is 1. The number of carbonyl (C=O) groups is 2. The van der Waals surface area contributed by atoms with Crippen molar-refractivity contribution >= 4 is 23.3 Å². The quantitative estimate of drug-likeness (QED) is 0.704. The van der Waals surface area contributed by atoms with Crippen LogP contribution in [0.25, 0.3) is 0 Å². The van der Waals surface area contributed by atoms with Crippen molar-refractivity contribution in [3.8, 4) is 0 Å². The molecule has 2 amide bonds. The Morgan fingerprint density at radius 2 is 1.93 bits per heavy atom. The van der Waals surface area contributed by atoms with Gasteiger partial charge in [0, 0.05) is 18.0 Å². The first-order valence-electron chi connectivity index (χ1n) is 10.1. The van der Waals surface area contributed by atoms with Crippen LogP contribution in [0.2, 0.25) is 0 Å². The SMILES string of the molecule is CC(C)CCN(C(=O)c1csnn1)[C@@H](C(=O)NC1CCCC1)c1ccc(F)cc1. The minimum Gasteiger partial charge on any atom is -0.351 e. The van der Waals surface area contributed by atoms with E-state index in [4.69, 9.17) is 0 Å². The molecule has 1 aliphatic carbocycles. The first kappa shape index (κ1) is 21.4. The molecule has 1 aromatic carbocycles. The maximum absolute atomic E-state index is 13.5. The van der Waals surface area contributed by atoms with Crippen LogP contribution in [-0.2, 0) is 4.79 Å². The zero-order valence-corrected chi connectivity index (χ0v) is 17.6. The van der Waals surface area contributed by atoms with Crippen LogP contribution in [0.1, 0.15) is 68.0 Å². The first-order valence-corrected chi connectivity index (χ1v) is 10.9. The van der Waals surface area contributed by atoms with Gasteiger partial charge in [-0.1, -0.05) is 43.3 Å². The zero-order valence-electron chi connectivity index (χ0n) is 16.8. The van der Waals surface area contributed by atoms with Crippen molar-refractivity contribution in [3.05, 3.63) is 46.7 Å². The highest BCUT2D eigenvalue weighted by Crippen LogP contribution is 2.26.